The Morgan fingerprint density at radius 3 is 2.57 bits per heavy atom. The molecule has 0 unspecified atom stereocenters. The van der Waals surface area contributed by atoms with Crippen molar-refractivity contribution < 1.29 is 14.3 Å². The number of fused-ring (bicyclic) bond motifs is 1. The fraction of sp³-hybridized carbons (Fsp3) is 0.526. The lowest BCUT2D eigenvalue weighted by Gasteiger charge is -2.33. The summed E-state index contributed by atoms with van der Waals surface area (Å²) >= 11 is 0. The maximum absolute atomic E-state index is 12.4. The minimum absolute atomic E-state index is 0.0689. The third-order valence-electron chi connectivity index (χ3n) is 4.87. The van der Waals surface area contributed by atoms with E-state index in [2.05, 4.69) is 6.92 Å². The largest absolute Gasteiger partial charge is 0.486 e. The lowest BCUT2D eigenvalue weighted by molar-refractivity contribution is -0.127. The molecule has 0 spiro atoms. The predicted octanol–water partition coefficient (Wildman–Crippen LogP) is 3.51. The molecule has 23 heavy (non-hydrogen) atoms. The smallest absolute Gasteiger partial charge is 0.246 e. The molecule has 1 aliphatic carbocycles. The molecule has 1 amide bonds. The standard InChI is InChI=1S/C19H25NO3/c1-14-3-7-16(8-4-14)20(2)19(21)10-6-15-5-9-17-18(13-15)23-12-11-22-17/h5-6,9-10,13-14,16H,3-4,7-8,11-12H2,1-2H3. The summed E-state index contributed by atoms with van der Waals surface area (Å²) in [6, 6.07) is 6.13. The van der Waals surface area contributed by atoms with Crippen LogP contribution in [0.2, 0.25) is 0 Å². The molecule has 0 aromatic heterocycles. The highest BCUT2D eigenvalue weighted by Crippen LogP contribution is 2.31. The molecule has 0 radical (unpaired) electrons. The number of benzene rings is 1. The Morgan fingerprint density at radius 2 is 1.83 bits per heavy atom. The van der Waals surface area contributed by atoms with Gasteiger partial charge in [0.05, 0.1) is 0 Å². The number of carbonyl (C=O) groups excluding carboxylic acids is 1. The van der Waals surface area contributed by atoms with Gasteiger partial charge in [0, 0.05) is 19.2 Å². The molecule has 0 saturated heterocycles. The number of rotatable bonds is 3. The van der Waals surface area contributed by atoms with Gasteiger partial charge in [-0.1, -0.05) is 13.0 Å². The minimum atomic E-state index is 0.0689. The van der Waals surface area contributed by atoms with Crippen LogP contribution < -0.4 is 9.47 Å². The second-order valence-electron chi connectivity index (χ2n) is 6.60. The average Bonchev–Trinajstić information content (AvgIpc) is 2.59. The van der Waals surface area contributed by atoms with Crippen molar-refractivity contribution in [2.75, 3.05) is 20.3 Å². The Hall–Kier alpha value is -1.97. The lowest BCUT2D eigenvalue weighted by atomic mass is 9.87. The average molecular weight is 315 g/mol. The van der Waals surface area contributed by atoms with Crippen LogP contribution in [0.5, 0.6) is 11.5 Å². The van der Waals surface area contributed by atoms with Crippen LogP contribution in [-0.4, -0.2) is 37.1 Å². The third kappa shape index (κ3) is 3.87. The third-order valence-corrected chi connectivity index (χ3v) is 4.87. The van der Waals surface area contributed by atoms with Crippen LogP contribution in [0.3, 0.4) is 0 Å². The van der Waals surface area contributed by atoms with E-state index < -0.39 is 0 Å². The summed E-state index contributed by atoms with van der Waals surface area (Å²) in [4.78, 5) is 14.3. The molecule has 124 valence electrons. The first-order chi connectivity index (χ1) is 11.1. The van der Waals surface area contributed by atoms with E-state index in [1.807, 2.05) is 36.2 Å². The van der Waals surface area contributed by atoms with Crippen LogP contribution in [-0.2, 0) is 4.79 Å². The topological polar surface area (TPSA) is 38.8 Å². The zero-order valence-corrected chi connectivity index (χ0v) is 14.0. The lowest BCUT2D eigenvalue weighted by Crippen LogP contribution is -2.38. The van der Waals surface area contributed by atoms with Crippen molar-refractivity contribution >= 4 is 12.0 Å². The molecular weight excluding hydrogens is 290 g/mol. The highest BCUT2D eigenvalue weighted by molar-refractivity contribution is 5.91. The molecule has 1 saturated carbocycles. The van der Waals surface area contributed by atoms with E-state index in [1.165, 1.54) is 12.8 Å². The van der Waals surface area contributed by atoms with Gasteiger partial charge in [0.25, 0.3) is 0 Å². The predicted molar refractivity (Wildman–Crippen MR) is 90.7 cm³/mol. The summed E-state index contributed by atoms with van der Waals surface area (Å²) in [7, 11) is 1.91. The maximum atomic E-state index is 12.4. The van der Waals surface area contributed by atoms with Crippen molar-refractivity contribution in [1.82, 2.24) is 4.90 Å². The van der Waals surface area contributed by atoms with E-state index >= 15 is 0 Å². The van der Waals surface area contributed by atoms with Gasteiger partial charge in [-0.25, -0.2) is 0 Å². The van der Waals surface area contributed by atoms with Gasteiger partial charge in [0.15, 0.2) is 11.5 Å². The summed E-state index contributed by atoms with van der Waals surface area (Å²) in [5.41, 5.74) is 0.952. The highest BCUT2D eigenvalue weighted by Gasteiger charge is 2.23. The van der Waals surface area contributed by atoms with Gasteiger partial charge in [-0.15, -0.1) is 0 Å². The Labute approximate surface area is 138 Å². The molecule has 0 N–H and O–H groups in total. The van der Waals surface area contributed by atoms with Crippen molar-refractivity contribution in [3.63, 3.8) is 0 Å². The minimum Gasteiger partial charge on any atom is -0.486 e. The molecule has 0 bridgehead atoms. The van der Waals surface area contributed by atoms with Gasteiger partial charge in [0.2, 0.25) is 5.91 Å². The first-order valence-electron chi connectivity index (χ1n) is 8.48. The van der Waals surface area contributed by atoms with Crippen LogP contribution in [0.1, 0.15) is 38.2 Å². The molecule has 2 aliphatic rings. The summed E-state index contributed by atoms with van der Waals surface area (Å²) < 4.78 is 11.1. The Kier molecular flexibility index (Phi) is 4.89. The second-order valence-corrected chi connectivity index (χ2v) is 6.60. The van der Waals surface area contributed by atoms with Crippen molar-refractivity contribution in [2.45, 2.75) is 38.6 Å². The number of ether oxygens (including phenoxy) is 2. The Bertz CT molecular complexity index is 588. The molecule has 3 rings (SSSR count). The van der Waals surface area contributed by atoms with Crippen LogP contribution in [0.4, 0.5) is 0 Å². The van der Waals surface area contributed by atoms with Crippen LogP contribution >= 0.6 is 0 Å². The van der Waals surface area contributed by atoms with E-state index in [0.717, 1.165) is 35.8 Å². The molecule has 1 heterocycles. The Morgan fingerprint density at radius 1 is 1.13 bits per heavy atom. The quantitative estimate of drug-likeness (QED) is 0.801. The summed E-state index contributed by atoms with van der Waals surface area (Å²) in [5, 5.41) is 0. The molecule has 4 nitrogen and oxygen atoms in total. The molecular formula is C19H25NO3. The second kappa shape index (κ2) is 7.07. The first-order valence-corrected chi connectivity index (χ1v) is 8.48. The number of hydrogen-bond donors (Lipinski definition) is 0. The van der Waals surface area contributed by atoms with E-state index in [1.54, 1.807) is 6.08 Å². The Balaban J connectivity index is 1.61. The van der Waals surface area contributed by atoms with Gasteiger partial charge < -0.3 is 14.4 Å². The van der Waals surface area contributed by atoms with E-state index in [9.17, 15) is 4.79 Å². The number of hydrogen-bond acceptors (Lipinski definition) is 3. The van der Waals surface area contributed by atoms with Crippen molar-refractivity contribution in [1.29, 1.82) is 0 Å². The van der Waals surface area contributed by atoms with Crippen LogP contribution in [0, 0.1) is 5.92 Å². The normalized spacial score (nSPS) is 23.7. The van der Waals surface area contributed by atoms with Gasteiger partial charge in [-0.2, -0.15) is 0 Å². The fourth-order valence-electron chi connectivity index (χ4n) is 3.26. The van der Waals surface area contributed by atoms with Crippen molar-refractivity contribution in [3.8, 4) is 11.5 Å². The number of carbonyl (C=O) groups is 1. The fourth-order valence-corrected chi connectivity index (χ4v) is 3.26. The van der Waals surface area contributed by atoms with Gasteiger partial charge in [-0.3, -0.25) is 4.79 Å². The number of amides is 1. The molecule has 1 aliphatic heterocycles. The van der Waals surface area contributed by atoms with Crippen molar-refractivity contribution in [3.05, 3.63) is 29.8 Å². The summed E-state index contributed by atoms with van der Waals surface area (Å²) in [5.74, 6) is 2.39. The van der Waals surface area contributed by atoms with Crippen molar-refractivity contribution in [2.24, 2.45) is 5.92 Å². The van der Waals surface area contributed by atoms with E-state index in [-0.39, 0.29) is 5.91 Å². The summed E-state index contributed by atoms with van der Waals surface area (Å²) in [6.45, 7) is 3.45. The van der Waals surface area contributed by atoms with E-state index in [4.69, 9.17) is 9.47 Å². The van der Waals surface area contributed by atoms with Crippen LogP contribution in [0.25, 0.3) is 6.08 Å². The van der Waals surface area contributed by atoms with Gasteiger partial charge >= 0.3 is 0 Å². The van der Waals surface area contributed by atoms with Gasteiger partial charge in [-0.05, 0) is 55.4 Å². The van der Waals surface area contributed by atoms with Crippen LogP contribution in [0.15, 0.2) is 24.3 Å². The molecule has 1 aromatic carbocycles. The maximum Gasteiger partial charge on any atom is 0.246 e. The zero-order chi connectivity index (χ0) is 16.2. The molecule has 1 aromatic rings. The number of likely N-dealkylation sites (N-methyl/N-ethyl adjacent to an activating group) is 1. The summed E-state index contributed by atoms with van der Waals surface area (Å²) in [6.07, 6.45) is 8.16. The molecule has 1 fully saturated rings. The SMILES string of the molecule is CC1CCC(N(C)C(=O)C=Cc2ccc3c(c2)OCCO3)CC1. The first kappa shape index (κ1) is 15.9. The monoisotopic (exact) mass is 315 g/mol. The zero-order valence-electron chi connectivity index (χ0n) is 14.0. The number of nitrogens with zero attached hydrogens (tertiary/aromatic N) is 1. The van der Waals surface area contributed by atoms with E-state index in [0.29, 0.717) is 19.3 Å². The molecule has 4 heteroatoms. The highest BCUT2D eigenvalue weighted by atomic mass is 16.6. The molecule has 0 atom stereocenters. The van der Waals surface area contributed by atoms with Gasteiger partial charge in [0.1, 0.15) is 13.2 Å².